The second-order valence-corrected chi connectivity index (χ2v) is 7.86. The molecule has 1 aliphatic heterocycles. The summed E-state index contributed by atoms with van der Waals surface area (Å²) in [5, 5.41) is 4.80. The van der Waals surface area contributed by atoms with Gasteiger partial charge < -0.3 is 9.74 Å². The van der Waals surface area contributed by atoms with Crippen molar-refractivity contribution in [1.29, 1.82) is 0 Å². The molecule has 3 rings (SSSR count). The van der Waals surface area contributed by atoms with Crippen molar-refractivity contribution in [2.45, 2.75) is 39.3 Å². The van der Waals surface area contributed by atoms with Crippen molar-refractivity contribution in [2.24, 2.45) is 11.1 Å². The first-order chi connectivity index (χ1) is 13.4. The SMILES string of the molecule is CC(C)CC(=O)N(Cc1cccc(F)c1)C[C@H]1CC(c2ccccc2Cl)=NO1. The first-order valence-corrected chi connectivity index (χ1v) is 9.80. The van der Waals surface area contributed by atoms with E-state index in [1.807, 2.05) is 44.2 Å². The lowest BCUT2D eigenvalue weighted by molar-refractivity contribution is -0.134. The van der Waals surface area contributed by atoms with Gasteiger partial charge in [-0.05, 0) is 29.7 Å². The zero-order valence-electron chi connectivity index (χ0n) is 16.1. The molecule has 0 fully saturated rings. The van der Waals surface area contributed by atoms with Gasteiger partial charge in [-0.1, -0.05) is 60.9 Å². The molecular formula is C22H24ClFN2O2. The highest BCUT2D eigenvalue weighted by atomic mass is 35.5. The third-order valence-corrected chi connectivity index (χ3v) is 4.87. The minimum atomic E-state index is -0.310. The van der Waals surface area contributed by atoms with Crippen LogP contribution in [0.25, 0.3) is 0 Å². The number of benzene rings is 2. The summed E-state index contributed by atoms with van der Waals surface area (Å²) in [5.41, 5.74) is 2.37. The van der Waals surface area contributed by atoms with Crippen LogP contribution in [0, 0.1) is 11.7 Å². The summed E-state index contributed by atoms with van der Waals surface area (Å²) < 4.78 is 13.6. The molecule has 0 unspecified atom stereocenters. The van der Waals surface area contributed by atoms with Crippen molar-refractivity contribution in [2.75, 3.05) is 6.54 Å². The van der Waals surface area contributed by atoms with Gasteiger partial charge in [0.15, 0.2) is 6.10 Å². The van der Waals surface area contributed by atoms with Gasteiger partial charge >= 0.3 is 0 Å². The Morgan fingerprint density at radius 1 is 1.29 bits per heavy atom. The molecule has 1 atom stereocenters. The number of oxime groups is 1. The average Bonchev–Trinajstić information content (AvgIpc) is 3.09. The van der Waals surface area contributed by atoms with E-state index in [1.165, 1.54) is 12.1 Å². The van der Waals surface area contributed by atoms with Gasteiger partial charge in [-0.3, -0.25) is 4.79 Å². The number of amides is 1. The van der Waals surface area contributed by atoms with Gasteiger partial charge in [0.1, 0.15) is 5.82 Å². The van der Waals surface area contributed by atoms with Crippen LogP contribution in [0.5, 0.6) is 0 Å². The van der Waals surface area contributed by atoms with Crippen LogP contribution in [0.3, 0.4) is 0 Å². The number of hydrogen-bond acceptors (Lipinski definition) is 3. The number of hydrogen-bond donors (Lipinski definition) is 0. The molecule has 6 heteroatoms. The van der Waals surface area contributed by atoms with E-state index in [9.17, 15) is 9.18 Å². The smallest absolute Gasteiger partial charge is 0.223 e. The molecule has 0 saturated carbocycles. The number of nitrogens with zero attached hydrogens (tertiary/aromatic N) is 2. The van der Waals surface area contributed by atoms with Gasteiger partial charge in [-0.2, -0.15) is 0 Å². The molecule has 0 saturated heterocycles. The van der Waals surface area contributed by atoms with Crippen LogP contribution in [0.1, 0.15) is 37.8 Å². The average molecular weight is 403 g/mol. The third kappa shape index (κ3) is 5.32. The van der Waals surface area contributed by atoms with E-state index in [1.54, 1.807) is 11.0 Å². The van der Waals surface area contributed by atoms with Crippen molar-refractivity contribution in [3.8, 4) is 0 Å². The maximum atomic E-state index is 13.6. The Morgan fingerprint density at radius 3 is 2.79 bits per heavy atom. The fraction of sp³-hybridized carbons (Fsp3) is 0.364. The van der Waals surface area contributed by atoms with Crippen molar-refractivity contribution in [1.82, 2.24) is 4.90 Å². The highest BCUT2D eigenvalue weighted by molar-refractivity contribution is 6.34. The second-order valence-electron chi connectivity index (χ2n) is 7.45. The Labute approximate surface area is 169 Å². The molecule has 0 aromatic heterocycles. The maximum Gasteiger partial charge on any atom is 0.223 e. The summed E-state index contributed by atoms with van der Waals surface area (Å²) in [6, 6.07) is 13.8. The molecule has 148 valence electrons. The molecule has 0 radical (unpaired) electrons. The minimum Gasteiger partial charge on any atom is -0.390 e. The van der Waals surface area contributed by atoms with Gasteiger partial charge in [-0.25, -0.2) is 4.39 Å². The molecule has 1 aliphatic rings. The van der Waals surface area contributed by atoms with Crippen LogP contribution in [-0.2, 0) is 16.2 Å². The van der Waals surface area contributed by atoms with Gasteiger partial charge in [0, 0.05) is 30.0 Å². The lowest BCUT2D eigenvalue weighted by Crippen LogP contribution is -2.37. The first kappa shape index (κ1) is 20.3. The van der Waals surface area contributed by atoms with Crippen molar-refractivity contribution in [3.05, 3.63) is 70.5 Å². The molecule has 2 aromatic rings. The number of rotatable bonds is 7. The molecule has 0 N–H and O–H groups in total. The van der Waals surface area contributed by atoms with Crippen LogP contribution >= 0.6 is 11.6 Å². The predicted octanol–water partition coefficient (Wildman–Crippen LogP) is 5.05. The predicted molar refractivity (Wildman–Crippen MR) is 109 cm³/mol. The summed E-state index contributed by atoms with van der Waals surface area (Å²) in [4.78, 5) is 20.1. The van der Waals surface area contributed by atoms with E-state index >= 15 is 0 Å². The summed E-state index contributed by atoms with van der Waals surface area (Å²) in [6.07, 6.45) is 0.745. The van der Waals surface area contributed by atoms with E-state index in [0.29, 0.717) is 31.0 Å². The van der Waals surface area contributed by atoms with Gasteiger partial charge in [0.2, 0.25) is 5.91 Å². The summed E-state index contributed by atoms with van der Waals surface area (Å²) in [6.45, 7) is 4.73. The Hall–Kier alpha value is -2.40. The molecule has 2 aromatic carbocycles. The Bertz CT molecular complexity index is 869. The van der Waals surface area contributed by atoms with E-state index < -0.39 is 0 Å². The number of halogens is 2. The Kier molecular flexibility index (Phi) is 6.68. The quantitative estimate of drug-likeness (QED) is 0.650. The maximum absolute atomic E-state index is 13.6. The van der Waals surface area contributed by atoms with Crippen molar-refractivity contribution < 1.29 is 14.0 Å². The minimum absolute atomic E-state index is 0.0223. The van der Waals surface area contributed by atoms with Gasteiger partial charge in [0.25, 0.3) is 0 Å². The molecule has 4 nitrogen and oxygen atoms in total. The molecule has 0 bridgehead atoms. The largest absolute Gasteiger partial charge is 0.390 e. The van der Waals surface area contributed by atoms with Crippen LogP contribution in [0.4, 0.5) is 4.39 Å². The fourth-order valence-corrected chi connectivity index (χ4v) is 3.46. The zero-order valence-corrected chi connectivity index (χ0v) is 16.8. The first-order valence-electron chi connectivity index (χ1n) is 9.42. The molecule has 0 spiro atoms. The lowest BCUT2D eigenvalue weighted by Gasteiger charge is -2.26. The van der Waals surface area contributed by atoms with Crippen LogP contribution < -0.4 is 0 Å². The lowest BCUT2D eigenvalue weighted by atomic mass is 10.0. The summed E-state index contributed by atoms with van der Waals surface area (Å²) in [5.74, 6) is -0.0498. The zero-order chi connectivity index (χ0) is 20.1. The second kappa shape index (κ2) is 9.20. The van der Waals surface area contributed by atoms with E-state index in [0.717, 1.165) is 16.8 Å². The summed E-state index contributed by atoms with van der Waals surface area (Å²) in [7, 11) is 0. The third-order valence-electron chi connectivity index (χ3n) is 4.54. The monoisotopic (exact) mass is 402 g/mol. The van der Waals surface area contributed by atoms with E-state index in [2.05, 4.69) is 5.16 Å². The molecule has 0 aliphatic carbocycles. The van der Waals surface area contributed by atoms with Crippen molar-refractivity contribution >= 4 is 23.2 Å². The van der Waals surface area contributed by atoms with Gasteiger partial charge in [0.05, 0.1) is 12.3 Å². The van der Waals surface area contributed by atoms with Crippen LogP contribution in [-0.4, -0.2) is 29.2 Å². The Morgan fingerprint density at radius 2 is 2.07 bits per heavy atom. The van der Waals surface area contributed by atoms with E-state index in [-0.39, 0.29) is 23.7 Å². The highest BCUT2D eigenvalue weighted by Gasteiger charge is 2.28. The number of carbonyl (C=O) groups is 1. The molecule has 28 heavy (non-hydrogen) atoms. The van der Waals surface area contributed by atoms with Gasteiger partial charge in [-0.15, -0.1) is 0 Å². The van der Waals surface area contributed by atoms with Crippen LogP contribution in [0.2, 0.25) is 5.02 Å². The topological polar surface area (TPSA) is 41.9 Å². The van der Waals surface area contributed by atoms with E-state index in [4.69, 9.17) is 16.4 Å². The van der Waals surface area contributed by atoms with Crippen molar-refractivity contribution in [3.63, 3.8) is 0 Å². The molecule has 1 heterocycles. The normalized spacial score (nSPS) is 16.0. The number of carbonyl (C=O) groups excluding carboxylic acids is 1. The fourth-order valence-electron chi connectivity index (χ4n) is 3.21. The Balaban J connectivity index is 1.69. The van der Waals surface area contributed by atoms with Crippen LogP contribution in [0.15, 0.2) is 53.7 Å². The molecular weight excluding hydrogens is 379 g/mol. The molecule has 1 amide bonds. The standard InChI is InChI=1S/C22H24ClFN2O2/c1-15(2)10-22(27)26(13-16-6-5-7-17(24)11-16)14-18-12-21(25-28-18)19-8-3-4-9-20(19)23/h3-9,11,15,18H,10,12-14H2,1-2H3/t18-/m1/s1. The summed E-state index contributed by atoms with van der Waals surface area (Å²) >= 11 is 6.25. The highest BCUT2D eigenvalue weighted by Crippen LogP contribution is 2.24.